The van der Waals surface area contributed by atoms with Crippen LogP contribution in [0.25, 0.3) is 22.6 Å². The summed E-state index contributed by atoms with van der Waals surface area (Å²) in [6, 6.07) is 15.3. The number of rotatable bonds is 5. The number of carbonyl (C=O) groups excluding carboxylic acids is 1. The third-order valence-electron chi connectivity index (χ3n) is 4.16. The van der Waals surface area contributed by atoms with Crippen molar-refractivity contribution >= 4 is 5.91 Å². The van der Waals surface area contributed by atoms with E-state index in [0.29, 0.717) is 18.0 Å². The molecule has 0 aliphatic heterocycles. The van der Waals surface area contributed by atoms with Gasteiger partial charge in [-0.3, -0.25) is 9.78 Å². The second-order valence-electron chi connectivity index (χ2n) is 6.02. The third-order valence-corrected chi connectivity index (χ3v) is 4.16. The largest absolute Gasteiger partial charge is 0.463 e. The topological polar surface area (TPSA) is 70.9 Å². The number of hydrogen-bond acceptors (Lipinski definition) is 3. The molecule has 1 amide bonds. The van der Waals surface area contributed by atoms with Crippen LogP contribution in [0.15, 0.2) is 77.7 Å². The number of pyridine rings is 1. The lowest BCUT2D eigenvalue weighted by Gasteiger charge is -2.04. The van der Waals surface area contributed by atoms with Crippen molar-refractivity contribution in [2.24, 2.45) is 0 Å². The molecule has 4 aromatic rings. The summed E-state index contributed by atoms with van der Waals surface area (Å²) in [6.45, 7) is 0.356. The molecule has 0 bridgehead atoms. The minimum absolute atomic E-state index is 0.224. The number of nitrogens with one attached hydrogen (secondary N) is 2. The number of hydrogen-bond donors (Lipinski definition) is 2. The number of benzene rings is 1. The van der Waals surface area contributed by atoms with Crippen LogP contribution in [-0.2, 0) is 6.54 Å². The highest BCUT2D eigenvalue weighted by atomic mass is 19.1. The van der Waals surface area contributed by atoms with Crippen LogP contribution in [0.4, 0.5) is 4.39 Å². The number of aromatic amines is 1. The second-order valence-corrected chi connectivity index (χ2v) is 6.02. The molecule has 0 aliphatic carbocycles. The predicted molar refractivity (Wildman–Crippen MR) is 99.3 cm³/mol. The first kappa shape index (κ1) is 16.8. The molecule has 0 aliphatic rings. The van der Waals surface area contributed by atoms with Crippen molar-refractivity contribution in [3.05, 3.63) is 90.3 Å². The Morgan fingerprint density at radius 3 is 2.67 bits per heavy atom. The lowest BCUT2D eigenvalue weighted by atomic mass is 10.1. The molecular weight excluding hydrogens is 345 g/mol. The maximum atomic E-state index is 13.0. The molecule has 27 heavy (non-hydrogen) atoms. The summed E-state index contributed by atoms with van der Waals surface area (Å²) in [5, 5.41) is 2.85. The summed E-state index contributed by atoms with van der Waals surface area (Å²) in [5.41, 5.74) is 3.72. The normalized spacial score (nSPS) is 10.7. The number of aromatic nitrogens is 2. The van der Waals surface area contributed by atoms with E-state index in [-0.39, 0.29) is 11.7 Å². The first-order valence-corrected chi connectivity index (χ1v) is 8.40. The molecule has 3 aromatic heterocycles. The Kier molecular flexibility index (Phi) is 4.53. The molecule has 0 saturated heterocycles. The number of carbonyl (C=O) groups is 1. The average molecular weight is 361 g/mol. The highest BCUT2D eigenvalue weighted by Crippen LogP contribution is 2.21. The minimum Gasteiger partial charge on any atom is -0.463 e. The van der Waals surface area contributed by atoms with Crippen LogP contribution in [0.1, 0.15) is 16.1 Å². The van der Waals surface area contributed by atoms with Crippen molar-refractivity contribution < 1.29 is 13.6 Å². The summed E-state index contributed by atoms with van der Waals surface area (Å²) < 4.78 is 18.3. The first-order chi connectivity index (χ1) is 13.2. The number of nitrogens with zero attached hydrogens (tertiary/aromatic N) is 1. The molecule has 134 valence electrons. The number of furan rings is 1. The summed E-state index contributed by atoms with van der Waals surface area (Å²) in [7, 11) is 0. The second kappa shape index (κ2) is 7.29. The van der Waals surface area contributed by atoms with Crippen LogP contribution in [0.3, 0.4) is 0 Å². The van der Waals surface area contributed by atoms with E-state index in [0.717, 1.165) is 22.4 Å². The van der Waals surface area contributed by atoms with Crippen LogP contribution >= 0.6 is 0 Å². The van der Waals surface area contributed by atoms with E-state index in [2.05, 4.69) is 15.3 Å². The number of amides is 1. The molecule has 0 unspecified atom stereocenters. The molecule has 0 saturated carbocycles. The van der Waals surface area contributed by atoms with E-state index >= 15 is 0 Å². The Morgan fingerprint density at radius 2 is 1.96 bits per heavy atom. The van der Waals surface area contributed by atoms with Gasteiger partial charge in [-0.05, 0) is 53.1 Å². The Balaban J connectivity index is 1.39. The van der Waals surface area contributed by atoms with Gasteiger partial charge in [-0.25, -0.2) is 4.39 Å². The zero-order valence-corrected chi connectivity index (χ0v) is 14.3. The monoisotopic (exact) mass is 361 g/mol. The Bertz CT molecular complexity index is 1040. The number of halogens is 1. The Hall–Kier alpha value is -3.67. The van der Waals surface area contributed by atoms with Gasteiger partial charge >= 0.3 is 0 Å². The lowest BCUT2D eigenvalue weighted by molar-refractivity contribution is 0.0946. The third kappa shape index (κ3) is 3.79. The van der Waals surface area contributed by atoms with Crippen LogP contribution in [-0.4, -0.2) is 15.9 Å². The lowest BCUT2D eigenvalue weighted by Crippen LogP contribution is -2.23. The van der Waals surface area contributed by atoms with Gasteiger partial charge in [0.2, 0.25) is 0 Å². The fraction of sp³-hybridized carbons (Fsp3) is 0.0476. The zero-order valence-electron chi connectivity index (χ0n) is 14.3. The number of H-pyrrole nitrogens is 1. The Morgan fingerprint density at radius 1 is 1.11 bits per heavy atom. The molecule has 5 nitrogen and oxygen atoms in total. The van der Waals surface area contributed by atoms with Crippen molar-refractivity contribution in [1.82, 2.24) is 15.3 Å². The van der Waals surface area contributed by atoms with Gasteiger partial charge in [0, 0.05) is 18.9 Å². The van der Waals surface area contributed by atoms with E-state index in [1.807, 2.05) is 24.3 Å². The van der Waals surface area contributed by atoms with Gasteiger partial charge in [0.05, 0.1) is 6.26 Å². The summed E-state index contributed by atoms with van der Waals surface area (Å²) in [6.07, 6.45) is 5.03. The van der Waals surface area contributed by atoms with Crippen molar-refractivity contribution in [1.29, 1.82) is 0 Å². The molecule has 3 heterocycles. The smallest absolute Gasteiger partial charge is 0.267 e. The van der Waals surface area contributed by atoms with Crippen molar-refractivity contribution in [3.8, 4) is 22.6 Å². The van der Waals surface area contributed by atoms with Crippen LogP contribution in [0.5, 0.6) is 0 Å². The molecular formula is C21H16FN3O2. The molecule has 0 atom stereocenters. The van der Waals surface area contributed by atoms with E-state index in [9.17, 15) is 9.18 Å². The van der Waals surface area contributed by atoms with Gasteiger partial charge < -0.3 is 14.7 Å². The van der Waals surface area contributed by atoms with Crippen LogP contribution in [0.2, 0.25) is 0 Å². The van der Waals surface area contributed by atoms with Gasteiger partial charge in [-0.15, -0.1) is 0 Å². The van der Waals surface area contributed by atoms with Crippen molar-refractivity contribution in [2.45, 2.75) is 6.54 Å². The van der Waals surface area contributed by atoms with E-state index < -0.39 is 0 Å². The van der Waals surface area contributed by atoms with E-state index in [1.54, 1.807) is 36.9 Å². The van der Waals surface area contributed by atoms with Gasteiger partial charge in [0.15, 0.2) is 5.76 Å². The maximum absolute atomic E-state index is 13.0. The van der Waals surface area contributed by atoms with Gasteiger partial charge in [-0.2, -0.15) is 0 Å². The van der Waals surface area contributed by atoms with Gasteiger partial charge in [0.1, 0.15) is 17.2 Å². The molecule has 2 N–H and O–H groups in total. The highest BCUT2D eigenvalue weighted by Gasteiger charge is 2.10. The van der Waals surface area contributed by atoms with Crippen LogP contribution in [0, 0.1) is 5.82 Å². The van der Waals surface area contributed by atoms with Crippen molar-refractivity contribution in [3.63, 3.8) is 0 Å². The van der Waals surface area contributed by atoms with Gasteiger partial charge in [-0.1, -0.05) is 18.2 Å². The Labute approximate surface area is 154 Å². The van der Waals surface area contributed by atoms with E-state index in [4.69, 9.17) is 4.42 Å². The molecule has 0 spiro atoms. The first-order valence-electron chi connectivity index (χ1n) is 8.40. The summed E-state index contributed by atoms with van der Waals surface area (Å²) in [4.78, 5) is 19.6. The molecule has 6 heteroatoms. The maximum Gasteiger partial charge on any atom is 0.267 e. The zero-order chi connectivity index (χ0) is 18.6. The molecule has 0 fully saturated rings. The minimum atomic E-state index is -0.293. The highest BCUT2D eigenvalue weighted by molar-refractivity contribution is 5.93. The quantitative estimate of drug-likeness (QED) is 0.553. The molecule has 4 rings (SSSR count). The van der Waals surface area contributed by atoms with Crippen LogP contribution < -0.4 is 5.32 Å². The van der Waals surface area contributed by atoms with Crippen molar-refractivity contribution in [2.75, 3.05) is 0 Å². The summed E-state index contributed by atoms with van der Waals surface area (Å²) in [5.74, 6) is 0.183. The SMILES string of the molecule is O=C(NCc1ccc(-c2ccco2)nc1)c1cc(-c2ccc(F)cc2)c[nH]1. The predicted octanol–water partition coefficient (Wildman–Crippen LogP) is 4.41. The standard InChI is InChI=1S/C21H16FN3O2/c22-17-6-4-15(5-7-17)16-10-19(24-13-16)21(26)25-12-14-3-8-18(23-11-14)20-2-1-9-27-20/h1-11,13,24H,12H2,(H,25,26). The fourth-order valence-corrected chi connectivity index (χ4v) is 2.71. The fourth-order valence-electron chi connectivity index (χ4n) is 2.71. The van der Waals surface area contributed by atoms with Gasteiger partial charge in [0.25, 0.3) is 5.91 Å². The molecule has 0 radical (unpaired) electrons. The average Bonchev–Trinajstić information content (AvgIpc) is 3.39. The summed E-state index contributed by atoms with van der Waals surface area (Å²) >= 11 is 0. The molecule has 1 aromatic carbocycles. The van der Waals surface area contributed by atoms with E-state index in [1.165, 1.54) is 12.1 Å².